The Kier molecular flexibility index (Phi) is 7.75. The monoisotopic (exact) mass is 387 g/mol. The number of nitrogens with zero attached hydrogens (tertiary/aromatic N) is 1. The molecule has 2 aliphatic rings. The lowest BCUT2D eigenvalue weighted by molar-refractivity contribution is -0.151. The molecule has 1 aromatic rings. The summed E-state index contributed by atoms with van der Waals surface area (Å²) in [7, 11) is 1.42. The number of ether oxygens (including phenoxy) is 2. The molecule has 1 aliphatic carbocycles. The van der Waals surface area contributed by atoms with Crippen molar-refractivity contribution in [1.82, 2.24) is 4.90 Å². The van der Waals surface area contributed by atoms with Crippen LogP contribution in [0.3, 0.4) is 0 Å². The lowest BCUT2D eigenvalue weighted by atomic mass is 9.79. The topological polar surface area (TPSA) is 55.8 Å². The van der Waals surface area contributed by atoms with Crippen LogP contribution in [0.1, 0.15) is 57.8 Å². The van der Waals surface area contributed by atoms with Crippen LogP contribution in [0.15, 0.2) is 30.3 Å². The zero-order chi connectivity index (χ0) is 19.8. The summed E-state index contributed by atoms with van der Waals surface area (Å²) in [5, 5.41) is 0. The van der Waals surface area contributed by atoms with Crippen LogP contribution in [0.2, 0.25) is 0 Å². The lowest BCUT2D eigenvalue weighted by Gasteiger charge is -2.27. The van der Waals surface area contributed by atoms with E-state index in [0.29, 0.717) is 31.4 Å². The minimum Gasteiger partial charge on any atom is -0.494 e. The van der Waals surface area contributed by atoms with Crippen LogP contribution in [0.5, 0.6) is 5.75 Å². The van der Waals surface area contributed by atoms with Crippen molar-refractivity contribution in [2.24, 2.45) is 11.8 Å². The number of hydrogen-bond acceptors (Lipinski definition) is 4. The summed E-state index contributed by atoms with van der Waals surface area (Å²) >= 11 is 0. The van der Waals surface area contributed by atoms with Gasteiger partial charge in [-0.3, -0.25) is 4.79 Å². The van der Waals surface area contributed by atoms with Gasteiger partial charge in [0.15, 0.2) is 0 Å². The molecule has 0 spiro atoms. The maximum absolute atomic E-state index is 12.8. The van der Waals surface area contributed by atoms with Crippen LogP contribution < -0.4 is 4.74 Å². The molecule has 2 atom stereocenters. The molecule has 5 nitrogen and oxygen atoms in total. The van der Waals surface area contributed by atoms with E-state index < -0.39 is 6.04 Å². The molecule has 1 aromatic carbocycles. The van der Waals surface area contributed by atoms with Crippen LogP contribution >= 0.6 is 0 Å². The van der Waals surface area contributed by atoms with Gasteiger partial charge in [0.1, 0.15) is 11.8 Å². The van der Waals surface area contributed by atoms with E-state index >= 15 is 0 Å². The Labute approximate surface area is 168 Å². The van der Waals surface area contributed by atoms with Crippen LogP contribution in [0.25, 0.3) is 0 Å². The van der Waals surface area contributed by atoms with Gasteiger partial charge in [-0.05, 0) is 43.2 Å². The van der Waals surface area contributed by atoms with E-state index in [1.165, 1.54) is 39.2 Å². The van der Waals surface area contributed by atoms with Gasteiger partial charge >= 0.3 is 5.97 Å². The molecule has 1 heterocycles. The summed E-state index contributed by atoms with van der Waals surface area (Å²) in [5.74, 6) is 1.76. The van der Waals surface area contributed by atoms with Gasteiger partial charge in [0.2, 0.25) is 5.91 Å². The average molecular weight is 388 g/mol. The van der Waals surface area contributed by atoms with Gasteiger partial charge in [-0.2, -0.15) is 0 Å². The van der Waals surface area contributed by atoms with E-state index in [9.17, 15) is 9.59 Å². The number of hydrogen-bond donors (Lipinski definition) is 0. The first-order valence-electron chi connectivity index (χ1n) is 10.7. The number of carbonyl (C=O) groups excluding carboxylic acids is 2. The highest BCUT2D eigenvalue weighted by molar-refractivity contribution is 5.85. The third-order valence-corrected chi connectivity index (χ3v) is 6.24. The maximum Gasteiger partial charge on any atom is 0.328 e. The molecule has 5 heteroatoms. The molecule has 1 saturated heterocycles. The SMILES string of the molecule is COC(=O)C1CC(C2CCCCC2)CN1C(=O)CCCCOc1ccccc1. The molecule has 154 valence electrons. The molecule has 0 aromatic heterocycles. The minimum absolute atomic E-state index is 0.0772. The number of carbonyl (C=O) groups is 2. The van der Waals surface area contributed by atoms with Crippen LogP contribution in [0.4, 0.5) is 0 Å². The highest BCUT2D eigenvalue weighted by Gasteiger charge is 2.42. The standard InChI is InChI=1S/C23H33NO4/c1-27-23(26)21-16-19(18-10-4-2-5-11-18)17-24(21)22(25)14-8-9-15-28-20-12-6-3-7-13-20/h3,6-7,12-13,18-19,21H,2,4-5,8-11,14-17H2,1H3. The fourth-order valence-electron chi connectivity index (χ4n) is 4.68. The molecule has 28 heavy (non-hydrogen) atoms. The van der Waals surface area contributed by atoms with Gasteiger partial charge in [0.25, 0.3) is 0 Å². The smallest absolute Gasteiger partial charge is 0.328 e. The van der Waals surface area contributed by atoms with Crippen molar-refractivity contribution < 1.29 is 19.1 Å². The third-order valence-electron chi connectivity index (χ3n) is 6.24. The van der Waals surface area contributed by atoms with Crippen molar-refractivity contribution in [3.63, 3.8) is 0 Å². The quantitative estimate of drug-likeness (QED) is 0.495. The van der Waals surface area contributed by atoms with E-state index in [2.05, 4.69) is 0 Å². The molecule has 2 fully saturated rings. The Morgan fingerprint density at radius 3 is 2.50 bits per heavy atom. The first kappa shape index (κ1) is 20.7. The Hall–Kier alpha value is -2.04. The van der Waals surface area contributed by atoms with Crippen molar-refractivity contribution >= 4 is 11.9 Å². The second-order valence-corrected chi connectivity index (χ2v) is 8.10. The van der Waals surface area contributed by atoms with Crippen molar-refractivity contribution in [2.75, 3.05) is 20.3 Å². The normalized spacial score (nSPS) is 22.8. The second kappa shape index (κ2) is 10.5. The number of likely N-dealkylation sites (tertiary alicyclic amines) is 1. The predicted molar refractivity (Wildman–Crippen MR) is 108 cm³/mol. The Bertz CT molecular complexity index is 627. The van der Waals surface area contributed by atoms with Gasteiger partial charge in [-0.15, -0.1) is 0 Å². The third kappa shape index (κ3) is 5.49. The van der Waals surface area contributed by atoms with E-state index in [0.717, 1.165) is 25.0 Å². The summed E-state index contributed by atoms with van der Waals surface area (Å²) in [6.45, 7) is 1.31. The fourth-order valence-corrected chi connectivity index (χ4v) is 4.68. The number of unbranched alkanes of at least 4 members (excludes halogenated alkanes) is 1. The largest absolute Gasteiger partial charge is 0.494 e. The van der Waals surface area contributed by atoms with E-state index in [4.69, 9.17) is 9.47 Å². The average Bonchev–Trinajstić information content (AvgIpc) is 3.20. The molecule has 0 bridgehead atoms. The second-order valence-electron chi connectivity index (χ2n) is 8.10. The van der Waals surface area contributed by atoms with E-state index in [1.807, 2.05) is 30.3 Å². The Balaban J connectivity index is 1.46. The number of esters is 1. The van der Waals surface area contributed by atoms with Crippen LogP contribution in [-0.2, 0) is 14.3 Å². The first-order chi connectivity index (χ1) is 13.7. The number of amides is 1. The summed E-state index contributed by atoms with van der Waals surface area (Å²) in [6.07, 6.45) is 9.15. The lowest BCUT2D eigenvalue weighted by Crippen LogP contribution is -2.41. The number of para-hydroxylation sites is 1. The van der Waals surface area contributed by atoms with Crippen molar-refractivity contribution in [3.05, 3.63) is 30.3 Å². The molecule has 0 radical (unpaired) electrons. The fraction of sp³-hybridized carbons (Fsp3) is 0.652. The summed E-state index contributed by atoms with van der Waals surface area (Å²) in [6, 6.07) is 9.32. The van der Waals surface area contributed by atoms with Crippen molar-refractivity contribution in [3.8, 4) is 5.75 Å². The molecule has 0 N–H and O–H groups in total. The molecule has 1 saturated carbocycles. The zero-order valence-electron chi connectivity index (χ0n) is 17.0. The van der Waals surface area contributed by atoms with Gasteiger partial charge in [0, 0.05) is 13.0 Å². The number of methoxy groups -OCH3 is 1. The first-order valence-corrected chi connectivity index (χ1v) is 10.7. The van der Waals surface area contributed by atoms with E-state index in [-0.39, 0.29) is 11.9 Å². The van der Waals surface area contributed by atoms with Crippen molar-refractivity contribution in [2.45, 2.75) is 63.8 Å². The van der Waals surface area contributed by atoms with Gasteiger partial charge in [-0.1, -0.05) is 50.3 Å². The molecular weight excluding hydrogens is 354 g/mol. The van der Waals surface area contributed by atoms with Gasteiger partial charge < -0.3 is 14.4 Å². The summed E-state index contributed by atoms with van der Waals surface area (Å²) < 4.78 is 10.7. The summed E-state index contributed by atoms with van der Waals surface area (Å²) in [5.41, 5.74) is 0. The Morgan fingerprint density at radius 1 is 1.04 bits per heavy atom. The number of benzene rings is 1. The summed E-state index contributed by atoms with van der Waals surface area (Å²) in [4.78, 5) is 26.9. The maximum atomic E-state index is 12.8. The van der Waals surface area contributed by atoms with E-state index in [1.54, 1.807) is 4.90 Å². The molecular formula is C23H33NO4. The zero-order valence-corrected chi connectivity index (χ0v) is 17.0. The highest BCUT2D eigenvalue weighted by atomic mass is 16.5. The molecule has 2 unspecified atom stereocenters. The predicted octanol–water partition coefficient (Wildman–Crippen LogP) is 4.21. The van der Waals surface area contributed by atoms with Gasteiger partial charge in [0.05, 0.1) is 13.7 Å². The Morgan fingerprint density at radius 2 is 1.79 bits per heavy atom. The molecule has 3 rings (SSSR count). The number of rotatable bonds is 8. The minimum atomic E-state index is -0.398. The highest BCUT2D eigenvalue weighted by Crippen LogP contribution is 2.38. The van der Waals surface area contributed by atoms with Crippen molar-refractivity contribution in [1.29, 1.82) is 0 Å². The van der Waals surface area contributed by atoms with Crippen LogP contribution in [0, 0.1) is 11.8 Å². The van der Waals surface area contributed by atoms with Gasteiger partial charge in [-0.25, -0.2) is 4.79 Å². The molecule has 1 amide bonds. The van der Waals surface area contributed by atoms with Crippen LogP contribution in [-0.4, -0.2) is 43.1 Å². The molecule has 1 aliphatic heterocycles.